The predicted molar refractivity (Wildman–Crippen MR) is 178 cm³/mol. The molecule has 2 N–H and O–H groups in total. The lowest BCUT2D eigenvalue weighted by Crippen LogP contribution is -2.51. The van der Waals surface area contributed by atoms with E-state index >= 15 is 0 Å². The van der Waals surface area contributed by atoms with E-state index in [-0.39, 0.29) is 30.2 Å². The fourth-order valence-electron chi connectivity index (χ4n) is 5.43. The van der Waals surface area contributed by atoms with Crippen molar-refractivity contribution in [3.05, 3.63) is 88.8 Å². The molecule has 3 amide bonds. The van der Waals surface area contributed by atoms with Gasteiger partial charge in [-0.2, -0.15) is 0 Å². The number of nitrogens with zero attached hydrogens (tertiary/aromatic N) is 5. The molecule has 0 radical (unpaired) electrons. The van der Waals surface area contributed by atoms with Crippen molar-refractivity contribution in [2.45, 2.75) is 71.8 Å². The van der Waals surface area contributed by atoms with Gasteiger partial charge >= 0.3 is 12.2 Å². The lowest BCUT2D eigenvalue weighted by Gasteiger charge is -2.32. The summed E-state index contributed by atoms with van der Waals surface area (Å²) >= 11 is 6.16. The molecule has 4 aromatic rings. The van der Waals surface area contributed by atoms with Gasteiger partial charge in [0.1, 0.15) is 29.7 Å². The molecule has 1 aliphatic heterocycles. The minimum atomic E-state index is -0.736. The van der Waals surface area contributed by atoms with Gasteiger partial charge in [-0.25, -0.2) is 29.4 Å². The molecule has 0 aliphatic carbocycles. The molecule has 3 heterocycles. The number of carbonyl (C=O) groups excluding carboxylic acids is 3. The predicted octanol–water partition coefficient (Wildman–Crippen LogP) is 6.08. The summed E-state index contributed by atoms with van der Waals surface area (Å²) in [5, 5.41) is 5.80. The first-order chi connectivity index (χ1) is 22.9. The zero-order chi connectivity index (χ0) is 34.4. The summed E-state index contributed by atoms with van der Waals surface area (Å²) in [5.74, 6) is 0.173. The van der Waals surface area contributed by atoms with Crippen LogP contribution in [0.25, 0.3) is 10.8 Å². The minimum absolute atomic E-state index is 0.0481. The van der Waals surface area contributed by atoms with Crippen molar-refractivity contribution in [1.29, 1.82) is 0 Å². The molecule has 0 bridgehead atoms. The Bertz CT molecular complexity index is 1790. The number of carbonyl (C=O) groups is 3. The highest BCUT2D eigenvalue weighted by Crippen LogP contribution is 2.22. The molecule has 0 saturated carbocycles. The summed E-state index contributed by atoms with van der Waals surface area (Å²) in [4.78, 5) is 49.0. The molecule has 0 fully saturated rings. The van der Waals surface area contributed by atoms with Crippen molar-refractivity contribution in [2.24, 2.45) is 0 Å². The number of benzene rings is 2. The summed E-state index contributed by atoms with van der Waals surface area (Å²) in [7, 11) is 0. The third-order valence-corrected chi connectivity index (χ3v) is 8.19. The van der Waals surface area contributed by atoms with E-state index in [9.17, 15) is 18.8 Å². The number of hydrogen-bond acceptors (Lipinski definition) is 8. The van der Waals surface area contributed by atoms with Gasteiger partial charge in [0.25, 0.3) is 0 Å². The summed E-state index contributed by atoms with van der Waals surface area (Å²) in [5.41, 5.74) is 3.77. The van der Waals surface area contributed by atoms with E-state index in [1.807, 2.05) is 45.0 Å². The largest absolute Gasteiger partial charge is 0.447 e. The van der Waals surface area contributed by atoms with Crippen LogP contribution in [0.4, 0.5) is 19.8 Å². The molecule has 0 saturated heterocycles. The smallest absolute Gasteiger partial charge is 0.412 e. The van der Waals surface area contributed by atoms with E-state index in [1.165, 1.54) is 24.1 Å². The van der Waals surface area contributed by atoms with Crippen molar-refractivity contribution in [3.63, 3.8) is 0 Å². The second-order valence-electron chi connectivity index (χ2n) is 12.5. The van der Waals surface area contributed by atoms with Crippen LogP contribution < -0.4 is 10.7 Å². The topological polar surface area (TPSA) is 131 Å². The number of amides is 3. The number of anilines is 1. The van der Waals surface area contributed by atoms with Crippen molar-refractivity contribution < 1.29 is 28.2 Å². The van der Waals surface area contributed by atoms with Crippen LogP contribution >= 0.6 is 11.6 Å². The van der Waals surface area contributed by atoms with Gasteiger partial charge in [0.15, 0.2) is 0 Å². The highest BCUT2D eigenvalue weighted by Gasteiger charge is 2.29. The Morgan fingerprint density at radius 1 is 1.06 bits per heavy atom. The van der Waals surface area contributed by atoms with Crippen molar-refractivity contribution in [1.82, 2.24) is 29.9 Å². The lowest BCUT2D eigenvalue weighted by atomic mass is 10.1. The van der Waals surface area contributed by atoms with E-state index in [0.29, 0.717) is 43.9 Å². The number of aryl methyl sites for hydroxylation is 1. The number of halogens is 2. The highest BCUT2D eigenvalue weighted by atomic mass is 35.5. The van der Waals surface area contributed by atoms with Gasteiger partial charge in [0.05, 0.1) is 29.5 Å². The van der Waals surface area contributed by atoms with Crippen LogP contribution in [0.3, 0.4) is 0 Å². The Kier molecular flexibility index (Phi) is 10.8. The van der Waals surface area contributed by atoms with Crippen LogP contribution in [-0.4, -0.2) is 67.3 Å². The molecular weight excluding hydrogens is 641 g/mol. The molecule has 48 heavy (non-hydrogen) atoms. The fourth-order valence-corrected chi connectivity index (χ4v) is 5.62. The second kappa shape index (κ2) is 15.0. The Morgan fingerprint density at radius 2 is 1.83 bits per heavy atom. The average molecular weight is 680 g/mol. The first kappa shape index (κ1) is 34.6. The molecule has 14 heteroatoms. The molecule has 0 spiro atoms. The van der Waals surface area contributed by atoms with Gasteiger partial charge in [-0.05, 0) is 50.3 Å². The number of rotatable bonds is 10. The maximum Gasteiger partial charge on any atom is 0.412 e. The average Bonchev–Trinajstić information content (AvgIpc) is 3.45. The minimum Gasteiger partial charge on any atom is -0.447 e. The number of fused-ring (bicyclic) bond motifs is 2. The van der Waals surface area contributed by atoms with E-state index in [4.69, 9.17) is 21.1 Å². The Morgan fingerprint density at radius 3 is 2.58 bits per heavy atom. The third kappa shape index (κ3) is 8.78. The number of nitrogens with one attached hydrogen (secondary N) is 2. The number of hydrogen-bond donors (Lipinski definition) is 2. The van der Waals surface area contributed by atoms with Gasteiger partial charge < -0.3 is 18.9 Å². The van der Waals surface area contributed by atoms with Gasteiger partial charge in [0.2, 0.25) is 5.91 Å². The van der Waals surface area contributed by atoms with Crippen molar-refractivity contribution in [2.75, 3.05) is 18.5 Å². The molecule has 254 valence electrons. The molecular formula is C34H39ClFN7O5. The normalized spacial score (nSPS) is 13.5. The van der Waals surface area contributed by atoms with Crippen LogP contribution in [-0.2, 0) is 40.3 Å². The molecule has 12 nitrogen and oxygen atoms in total. The quantitative estimate of drug-likeness (QED) is 0.193. The van der Waals surface area contributed by atoms with E-state index in [1.54, 1.807) is 29.4 Å². The van der Waals surface area contributed by atoms with Crippen molar-refractivity contribution >= 4 is 46.3 Å². The van der Waals surface area contributed by atoms with E-state index in [0.717, 1.165) is 22.3 Å². The second-order valence-corrected chi connectivity index (χ2v) is 12.9. The summed E-state index contributed by atoms with van der Waals surface area (Å²) in [6.45, 7) is 8.09. The Balaban J connectivity index is 1.28. The molecule has 2 aromatic heterocycles. The number of imidazole rings is 1. The molecule has 2 aromatic carbocycles. The van der Waals surface area contributed by atoms with Crippen LogP contribution in [0.5, 0.6) is 0 Å². The standard InChI is InChI=1S/C34H39ClFN7O5/c1-22(44)43(39-18-25-10-7-11-28(36)31(25)35)26(21-47-32(45)40-29-16-23-8-5-6-9-24(23)17-37-29)12-13-30-38-19-27-20-41(14-15-42(27)30)33(46)48-34(2,3)4/h5-11,16-17,19,26,39H,12-15,18,20-21H2,1-4H3,(H,37,40,45)/t26-/m0/s1. The van der Waals surface area contributed by atoms with E-state index < -0.39 is 23.6 Å². The zero-order valence-corrected chi connectivity index (χ0v) is 28.1. The van der Waals surface area contributed by atoms with Crippen LogP contribution in [0, 0.1) is 5.82 Å². The molecule has 1 aliphatic rings. The fraction of sp³-hybridized carbons (Fsp3) is 0.382. The van der Waals surface area contributed by atoms with Gasteiger partial charge in [-0.3, -0.25) is 15.1 Å². The highest BCUT2D eigenvalue weighted by molar-refractivity contribution is 6.31. The summed E-state index contributed by atoms with van der Waals surface area (Å²) < 4.78 is 27.3. The maximum absolute atomic E-state index is 14.1. The van der Waals surface area contributed by atoms with E-state index in [2.05, 4.69) is 25.3 Å². The number of hydrazine groups is 1. The van der Waals surface area contributed by atoms with Gasteiger partial charge in [0, 0.05) is 44.6 Å². The van der Waals surface area contributed by atoms with Crippen LogP contribution in [0.15, 0.2) is 60.9 Å². The SMILES string of the molecule is CC(=O)N(NCc1cccc(F)c1Cl)[C@@H](CCc1ncc2n1CCN(C(=O)OC(C)(C)C)C2)COC(=O)Nc1cc2ccccc2cn1. The van der Waals surface area contributed by atoms with Gasteiger partial charge in [-0.15, -0.1) is 0 Å². The summed E-state index contributed by atoms with van der Waals surface area (Å²) in [6.07, 6.45) is 3.06. The van der Waals surface area contributed by atoms with Crippen molar-refractivity contribution in [3.8, 4) is 0 Å². The number of pyridine rings is 1. The maximum atomic E-state index is 14.1. The number of ether oxygens (including phenoxy) is 2. The zero-order valence-electron chi connectivity index (χ0n) is 27.3. The first-order valence-electron chi connectivity index (χ1n) is 15.6. The third-order valence-electron chi connectivity index (χ3n) is 7.76. The molecule has 0 unspecified atom stereocenters. The molecule has 1 atom stereocenters. The van der Waals surface area contributed by atoms with Crippen LogP contribution in [0.2, 0.25) is 5.02 Å². The summed E-state index contributed by atoms with van der Waals surface area (Å²) in [6, 6.07) is 13.2. The Labute approximate surface area is 283 Å². The first-order valence-corrected chi connectivity index (χ1v) is 16.0. The number of aromatic nitrogens is 3. The molecule has 5 rings (SSSR count). The lowest BCUT2D eigenvalue weighted by molar-refractivity contribution is -0.136. The Hall–Kier alpha value is -4.75. The van der Waals surface area contributed by atoms with Crippen LogP contribution in [0.1, 0.15) is 51.2 Å². The monoisotopic (exact) mass is 679 g/mol. The van der Waals surface area contributed by atoms with Gasteiger partial charge in [-0.1, -0.05) is 48.0 Å².